The summed E-state index contributed by atoms with van der Waals surface area (Å²) >= 11 is 6.67. The summed E-state index contributed by atoms with van der Waals surface area (Å²) in [6, 6.07) is 11.2. The maximum absolute atomic E-state index is 13.3. The average molecular weight is 481 g/mol. The van der Waals surface area contributed by atoms with Gasteiger partial charge in [0.2, 0.25) is 0 Å². The van der Waals surface area contributed by atoms with Crippen LogP contribution in [-0.4, -0.2) is 38.2 Å². The van der Waals surface area contributed by atoms with Crippen molar-refractivity contribution in [2.24, 2.45) is 0 Å². The van der Waals surface area contributed by atoms with Crippen molar-refractivity contribution in [1.82, 2.24) is 14.3 Å². The second-order valence-electron chi connectivity index (χ2n) is 7.66. The van der Waals surface area contributed by atoms with Gasteiger partial charge in [-0.1, -0.05) is 49.1 Å². The Kier molecular flexibility index (Phi) is 6.80. The minimum Gasteiger partial charge on any atom is -0.497 e. The lowest BCUT2D eigenvalue weighted by Crippen LogP contribution is -2.27. The maximum Gasteiger partial charge on any atom is 0.267 e. The summed E-state index contributed by atoms with van der Waals surface area (Å²) in [6.07, 6.45) is 4.23. The normalized spacial score (nSPS) is 15.0. The molecule has 1 fully saturated rings. The first-order valence-electron chi connectivity index (χ1n) is 10.6. The van der Waals surface area contributed by atoms with Gasteiger partial charge in [0.1, 0.15) is 21.5 Å². The number of nitrogens with zero attached hydrogens (tertiary/aromatic N) is 3. The Morgan fingerprint density at radius 1 is 1.18 bits per heavy atom. The zero-order chi connectivity index (χ0) is 23.5. The van der Waals surface area contributed by atoms with Crippen LogP contribution in [0.5, 0.6) is 5.75 Å². The zero-order valence-corrected chi connectivity index (χ0v) is 20.3. The Morgan fingerprint density at radius 3 is 2.64 bits per heavy atom. The van der Waals surface area contributed by atoms with Gasteiger partial charge in [-0.15, -0.1) is 0 Å². The van der Waals surface area contributed by atoms with E-state index >= 15 is 0 Å². The topological polar surface area (TPSA) is 75.9 Å². The number of anilines is 1. The predicted molar refractivity (Wildman–Crippen MR) is 137 cm³/mol. The molecule has 0 unspecified atom stereocenters. The molecule has 3 aromatic rings. The van der Waals surface area contributed by atoms with Crippen LogP contribution in [0.3, 0.4) is 0 Å². The Labute approximate surface area is 201 Å². The van der Waals surface area contributed by atoms with Crippen molar-refractivity contribution in [3.05, 3.63) is 74.5 Å². The third kappa shape index (κ3) is 4.79. The molecular weight excluding hydrogens is 456 g/mol. The first kappa shape index (κ1) is 23.0. The Bertz CT molecular complexity index is 1320. The van der Waals surface area contributed by atoms with E-state index in [4.69, 9.17) is 17.0 Å². The van der Waals surface area contributed by atoms with Crippen LogP contribution in [0.4, 0.5) is 5.82 Å². The SMILES string of the molecule is CCCNc1nc2ccc(C)cn2c(=O)c1C=C1SC(=S)N(Cc2ccc(OC)cc2)C1=O. The molecule has 0 aliphatic carbocycles. The van der Waals surface area contributed by atoms with E-state index in [1.807, 2.05) is 50.2 Å². The highest BCUT2D eigenvalue weighted by atomic mass is 32.2. The Hall–Kier alpha value is -3.17. The van der Waals surface area contributed by atoms with E-state index in [1.54, 1.807) is 24.3 Å². The molecule has 0 atom stereocenters. The van der Waals surface area contributed by atoms with Gasteiger partial charge >= 0.3 is 0 Å². The van der Waals surface area contributed by atoms with E-state index in [9.17, 15) is 9.59 Å². The molecule has 170 valence electrons. The van der Waals surface area contributed by atoms with Crippen LogP contribution < -0.4 is 15.6 Å². The number of rotatable bonds is 7. The first-order chi connectivity index (χ1) is 15.9. The van der Waals surface area contributed by atoms with Crippen molar-refractivity contribution < 1.29 is 9.53 Å². The second kappa shape index (κ2) is 9.76. The third-order valence-corrected chi connectivity index (χ3v) is 6.57. The van der Waals surface area contributed by atoms with E-state index in [1.165, 1.54) is 16.2 Å². The highest BCUT2D eigenvalue weighted by Crippen LogP contribution is 2.34. The van der Waals surface area contributed by atoms with Crippen molar-refractivity contribution in [2.75, 3.05) is 19.0 Å². The second-order valence-corrected chi connectivity index (χ2v) is 9.33. The fourth-order valence-electron chi connectivity index (χ4n) is 3.45. The molecule has 1 aliphatic heterocycles. The molecule has 2 aromatic heterocycles. The molecule has 4 rings (SSSR count). The van der Waals surface area contributed by atoms with E-state index in [0.29, 0.717) is 39.3 Å². The van der Waals surface area contributed by atoms with E-state index in [0.717, 1.165) is 23.3 Å². The number of methoxy groups -OCH3 is 1. The number of thioether (sulfide) groups is 1. The molecule has 0 bridgehead atoms. The fourth-order valence-corrected chi connectivity index (χ4v) is 4.68. The number of carbonyl (C=O) groups excluding carboxylic acids is 1. The number of benzene rings is 1. The molecule has 7 nitrogen and oxygen atoms in total. The van der Waals surface area contributed by atoms with Gasteiger partial charge in [-0.25, -0.2) is 4.98 Å². The molecule has 9 heteroatoms. The number of carbonyl (C=O) groups is 1. The zero-order valence-electron chi connectivity index (χ0n) is 18.6. The number of aryl methyl sites for hydroxylation is 1. The summed E-state index contributed by atoms with van der Waals surface area (Å²) in [5.41, 5.74) is 2.53. The van der Waals surface area contributed by atoms with Crippen LogP contribution >= 0.6 is 24.0 Å². The lowest BCUT2D eigenvalue weighted by molar-refractivity contribution is -0.122. The first-order valence-corrected chi connectivity index (χ1v) is 11.8. The van der Waals surface area contributed by atoms with Crippen LogP contribution in [0.2, 0.25) is 0 Å². The highest BCUT2D eigenvalue weighted by molar-refractivity contribution is 8.26. The Morgan fingerprint density at radius 2 is 1.94 bits per heavy atom. The molecular formula is C24H24N4O3S2. The van der Waals surface area contributed by atoms with E-state index in [-0.39, 0.29) is 11.5 Å². The van der Waals surface area contributed by atoms with Crippen LogP contribution in [0, 0.1) is 6.92 Å². The molecule has 33 heavy (non-hydrogen) atoms. The van der Waals surface area contributed by atoms with Crippen LogP contribution in [0.25, 0.3) is 11.7 Å². The van der Waals surface area contributed by atoms with E-state index < -0.39 is 0 Å². The van der Waals surface area contributed by atoms with Gasteiger partial charge in [0.05, 0.1) is 24.1 Å². The smallest absolute Gasteiger partial charge is 0.267 e. The minimum atomic E-state index is -0.234. The molecule has 0 spiro atoms. The summed E-state index contributed by atoms with van der Waals surface area (Å²) in [7, 11) is 1.61. The molecule has 1 N–H and O–H groups in total. The fraction of sp³-hybridized carbons (Fsp3) is 0.250. The maximum atomic E-state index is 13.3. The van der Waals surface area contributed by atoms with Crippen LogP contribution in [0.15, 0.2) is 52.3 Å². The van der Waals surface area contributed by atoms with Crippen molar-refractivity contribution in [3.63, 3.8) is 0 Å². The number of ether oxygens (including phenoxy) is 1. The molecule has 1 amide bonds. The minimum absolute atomic E-state index is 0.226. The number of hydrogen-bond donors (Lipinski definition) is 1. The van der Waals surface area contributed by atoms with Crippen molar-refractivity contribution in [3.8, 4) is 5.75 Å². The monoisotopic (exact) mass is 480 g/mol. The lowest BCUT2D eigenvalue weighted by atomic mass is 10.2. The summed E-state index contributed by atoms with van der Waals surface area (Å²) < 4.78 is 7.15. The van der Waals surface area contributed by atoms with Crippen molar-refractivity contribution >= 4 is 51.7 Å². The average Bonchev–Trinajstić information content (AvgIpc) is 3.08. The largest absolute Gasteiger partial charge is 0.497 e. The number of nitrogens with one attached hydrogen (secondary N) is 1. The van der Waals surface area contributed by atoms with Gasteiger partial charge in [0.25, 0.3) is 11.5 Å². The van der Waals surface area contributed by atoms with Crippen molar-refractivity contribution in [2.45, 2.75) is 26.8 Å². The number of pyridine rings is 1. The van der Waals surface area contributed by atoms with Gasteiger partial charge in [-0.05, 0) is 48.7 Å². The van der Waals surface area contributed by atoms with Crippen molar-refractivity contribution in [1.29, 1.82) is 0 Å². The summed E-state index contributed by atoms with van der Waals surface area (Å²) in [5.74, 6) is 0.984. The summed E-state index contributed by atoms with van der Waals surface area (Å²) in [4.78, 5) is 33.1. The van der Waals surface area contributed by atoms with E-state index in [2.05, 4.69) is 10.3 Å². The highest BCUT2D eigenvalue weighted by Gasteiger charge is 2.32. The van der Waals surface area contributed by atoms with Gasteiger partial charge in [-0.2, -0.15) is 0 Å². The van der Waals surface area contributed by atoms with Gasteiger partial charge in [0.15, 0.2) is 0 Å². The summed E-state index contributed by atoms with van der Waals surface area (Å²) in [6.45, 7) is 4.96. The standard InChI is InChI=1S/C24H24N4O3S2/c1-4-11-25-21-18(22(29)27-13-15(2)5-10-20(27)26-21)12-19-23(30)28(24(32)33-19)14-16-6-8-17(31-3)9-7-16/h5-10,12-13,25H,4,11,14H2,1-3H3. The number of thiocarbonyl (C=S) groups is 1. The molecule has 0 saturated carbocycles. The molecule has 3 heterocycles. The van der Waals surface area contributed by atoms with Gasteiger partial charge in [0, 0.05) is 12.7 Å². The van der Waals surface area contributed by atoms with Gasteiger partial charge < -0.3 is 10.1 Å². The predicted octanol–water partition coefficient (Wildman–Crippen LogP) is 4.23. The Balaban J connectivity index is 1.70. The lowest BCUT2D eigenvalue weighted by Gasteiger charge is -2.14. The number of fused-ring (bicyclic) bond motifs is 1. The molecule has 1 aliphatic rings. The number of amides is 1. The van der Waals surface area contributed by atoms with Crippen LogP contribution in [0.1, 0.15) is 30.0 Å². The number of hydrogen-bond acceptors (Lipinski definition) is 7. The number of aromatic nitrogens is 2. The van der Waals surface area contributed by atoms with Gasteiger partial charge in [-0.3, -0.25) is 18.9 Å². The van der Waals surface area contributed by atoms with Crippen LogP contribution in [-0.2, 0) is 11.3 Å². The molecule has 0 radical (unpaired) electrons. The molecule has 1 saturated heterocycles. The molecule has 1 aromatic carbocycles. The summed E-state index contributed by atoms with van der Waals surface area (Å²) in [5, 5.41) is 3.22. The quantitative estimate of drug-likeness (QED) is 0.401. The third-order valence-electron chi connectivity index (χ3n) is 5.20.